The lowest BCUT2D eigenvalue weighted by molar-refractivity contribution is -0.158. The average Bonchev–Trinajstić information content (AvgIpc) is 2.76. The lowest BCUT2D eigenvalue weighted by Crippen LogP contribution is -2.52. The summed E-state index contributed by atoms with van der Waals surface area (Å²) in [5.74, 6) is -1.51. The fraction of sp³-hybridized carbons (Fsp3) is 0.409. The van der Waals surface area contributed by atoms with Crippen molar-refractivity contribution in [3.05, 3.63) is 47.5 Å². The number of carboxylic acids is 1. The maximum atomic E-state index is 13.4. The minimum Gasteiger partial charge on any atom is -0.495 e. The highest BCUT2D eigenvalue weighted by Gasteiger charge is 2.42. The molecule has 0 saturated carbocycles. The summed E-state index contributed by atoms with van der Waals surface area (Å²) in [5, 5.41) is 9.24. The molecule has 0 radical (unpaired) electrons. The maximum absolute atomic E-state index is 13.4. The number of carbonyl (C=O) groups is 1. The van der Waals surface area contributed by atoms with Crippen molar-refractivity contribution in [3.8, 4) is 5.75 Å². The van der Waals surface area contributed by atoms with Crippen molar-refractivity contribution < 1.29 is 41.0 Å². The van der Waals surface area contributed by atoms with Gasteiger partial charge in [-0.1, -0.05) is 0 Å². The first kappa shape index (κ1) is 24.1. The number of benzene rings is 2. The van der Waals surface area contributed by atoms with E-state index in [9.17, 15) is 31.5 Å². The van der Waals surface area contributed by atoms with E-state index in [1.54, 1.807) is 0 Å². The van der Waals surface area contributed by atoms with Crippen LogP contribution in [-0.4, -0.2) is 51.9 Å². The monoisotopic (exact) mass is 500 g/mol. The van der Waals surface area contributed by atoms with E-state index in [0.29, 0.717) is 38.2 Å². The summed E-state index contributed by atoms with van der Waals surface area (Å²) in [6, 6.07) is 6.13. The molecule has 1 spiro atoms. The van der Waals surface area contributed by atoms with E-state index in [0.717, 1.165) is 24.6 Å². The molecule has 0 aliphatic carbocycles. The zero-order valence-corrected chi connectivity index (χ0v) is 19.0. The summed E-state index contributed by atoms with van der Waals surface area (Å²) < 4.78 is 79.6. The predicted octanol–water partition coefficient (Wildman–Crippen LogP) is 3.97. The number of hydrogen-bond acceptors (Lipinski definition) is 6. The Labute approximate surface area is 194 Å². The molecule has 12 heteroatoms. The molecule has 2 aromatic rings. The second-order valence-corrected chi connectivity index (χ2v) is 9.93. The topological polar surface area (TPSA) is 105 Å². The number of aromatic carboxylic acids is 1. The largest absolute Gasteiger partial charge is 0.495 e. The Balaban J connectivity index is 1.72. The molecule has 184 valence electrons. The molecule has 2 aliphatic heterocycles. The van der Waals surface area contributed by atoms with Gasteiger partial charge in [-0.15, -0.1) is 0 Å². The standard InChI is InChI=1S/C22H23F3N2O6S/c1-32-18-5-2-14(20(28)29)12-19(18)34(30,31)26-16-13-15(22(23,24)25)3-4-17(16)27-9-6-21(7-10-27)8-11-33-21/h2-5,12-13,26H,6-11H2,1H3,(H,28,29). The van der Waals surface area contributed by atoms with Crippen LogP contribution in [0.1, 0.15) is 35.2 Å². The van der Waals surface area contributed by atoms with Crippen LogP contribution in [0.5, 0.6) is 5.75 Å². The third-order valence-electron chi connectivity index (χ3n) is 6.25. The minimum atomic E-state index is -4.69. The van der Waals surface area contributed by atoms with E-state index in [-0.39, 0.29) is 22.6 Å². The molecule has 0 atom stereocenters. The summed E-state index contributed by atoms with van der Waals surface area (Å²) in [6.07, 6.45) is -2.41. The Bertz CT molecular complexity index is 1200. The van der Waals surface area contributed by atoms with Crippen LogP contribution in [0, 0.1) is 0 Å². The Kier molecular flexibility index (Phi) is 6.15. The van der Waals surface area contributed by atoms with E-state index in [1.165, 1.54) is 25.3 Å². The zero-order chi connectivity index (χ0) is 24.7. The van der Waals surface area contributed by atoms with Crippen LogP contribution < -0.4 is 14.4 Å². The number of ether oxygens (including phenoxy) is 2. The molecular formula is C22H23F3N2O6S. The van der Waals surface area contributed by atoms with Crippen LogP contribution in [0.2, 0.25) is 0 Å². The molecule has 8 nitrogen and oxygen atoms in total. The fourth-order valence-corrected chi connectivity index (χ4v) is 5.49. The maximum Gasteiger partial charge on any atom is 0.416 e. The molecule has 2 N–H and O–H groups in total. The number of alkyl halides is 3. The molecule has 2 heterocycles. The van der Waals surface area contributed by atoms with Gasteiger partial charge in [-0.05, 0) is 55.7 Å². The van der Waals surface area contributed by atoms with Crippen molar-refractivity contribution in [1.82, 2.24) is 0 Å². The number of carboxylic acid groups (broad SMARTS) is 1. The Hall–Kier alpha value is -2.99. The van der Waals surface area contributed by atoms with Crippen molar-refractivity contribution in [2.75, 3.05) is 36.4 Å². The summed E-state index contributed by atoms with van der Waals surface area (Å²) in [4.78, 5) is 12.7. The van der Waals surface area contributed by atoms with E-state index < -0.39 is 32.6 Å². The van der Waals surface area contributed by atoms with Crippen LogP contribution in [0.25, 0.3) is 0 Å². The summed E-state index contributed by atoms with van der Waals surface area (Å²) in [5.41, 5.74) is -1.50. The van der Waals surface area contributed by atoms with E-state index >= 15 is 0 Å². The third kappa shape index (κ3) is 4.64. The number of nitrogens with zero attached hydrogens (tertiary/aromatic N) is 1. The van der Waals surface area contributed by atoms with Crippen LogP contribution in [0.15, 0.2) is 41.3 Å². The second kappa shape index (κ2) is 8.66. The van der Waals surface area contributed by atoms with Crippen LogP contribution in [-0.2, 0) is 20.9 Å². The van der Waals surface area contributed by atoms with Gasteiger partial charge in [0, 0.05) is 13.1 Å². The van der Waals surface area contributed by atoms with Gasteiger partial charge in [-0.3, -0.25) is 4.72 Å². The Morgan fingerprint density at radius 1 is 1.15 bits per heavy atom. The fourth-order valence-electron chi connectivity index (χ4n) is 4.23. The average molecular weight is 500 g/mol. The number of methoxy groups -OCH3 is 1. The number of hydrogen-bond donors (Lipinski definition) is 2. The summed E-state index contributed by atoms with van der Waals surface area (Å²) in [6.45, 7) is 1.65. The summed E-state index contributed by atoms with van der Waals surface area (Å²) >= 11 is 0. The van der Waals surface area contributed by atoms with Crippen molar-refractivity contribution >= 4 is 27.4 Å². The van der Waals surface area contributed by atoms with E-state index in [2.05, 4.69) is 4.72 Å². The lowest BCUT2D eigenvalue weighted by atomic mass is 9.84. The van der Waals surface area contributed by atoms with Gasteiger partial charge in [0.2, 0.25) is 0 Å². The van der Waals surface area contributed by atoms with Crippen LogP contribution in [0.4, 0.5) is 24.5 Å². The van der Waals surface area contributed by atoms with E-state index in [4.69, 9.17) is 9.47 Å². The van der Waals surface area contributed by atoms with Gasteiger partial charge in [0.25, 0.3) is 10.0 Å². The number of sulfonamides is 1. The van der Waals surface area contributed by atoms with Crippen LogP contribution in [0.3, 0.4) is 0 Å². The molecule has 34 heavy (non-hydrogen) atoms. The zero-order valence-electron chi connectivity index (χ0n) is 18.2. The van der Waals surface area contributed by atoms with Gasteiger partial charge in [0.1, 0.15) is 10.6 Å². The molecule has 0 aromatic heterocycles. The highest BCUT2D eigenvalue weighted by atomic mass is 32.2. The smallest absolute Gasteiger partial charge is 0.416 e. The first-order valence-corrected chi connectivity index (χ1v) is 12.0. The molecular weight excluding hydrogens is 477 g/mol. The Morgan fingerprint density at radius 3 is 2.35 bits per heavy atom. The molecule has 2 aromatic carbocycles. The number of anilines is 2. The molecule has 0 bridgehead atoms. The van der Waals surface area contributed by atoms with Crippen molar-refractivity contribution in [1.29, 1.82) is 0 Å². The van der Waals surface area contributed by atoms with Crippen LogP contribution >= 0.6 is 0 Å². The lowest BCUT2D eigenvalue weighted by Gasteiger charge is -2.48. The predicted molar refractivity (Wildman–Crippen MR) is 117 cm³/mol. The molecule has 0 unspecified atom stereocenters. The summed E-state index contributed by atoms with van der Waals surface area (Å²) in [7, 11) is -3.30. The van der Waals surface area contributed by atoms with Gasteiger partial charge in [-0.25, -0.2) is 13.2 Å². The van der Waals surface area contributed by atoms with Gasteiger partial charge in [-0.2, -0.15) is 13.2 Å². The van der Waals surface area contributed by atoms with Gasteiger partial charge in [0.05, 0.1) is 41.8 Å². The normalized spacial score (nSPS) is 17.8. The quantitative estimate of drug-likeness (QED) is 0.618. The Morgan fingerprint density at radius 2 is 1.82 bits per heavy atom. The molecule has 2 aliphatic rings. The SMILES string of the molecule is COc1ccc(C(=O)O)cc1S(=O)(=O)Nc1cc(C(F)(F)F)ccc1N1CCC2(CCO2)CC1. The second-order valence-electron chi connectivity index (χ2n) is 8.27. The third-order valence-corrected chi connectivity index (χ3v) is 7.64. The number of nitrogens with one attached hydrogen (secondary N) is 1. The minimum absolute atomic E-state index is 0.145. The first-order chi connectivity index (χ1) is 15.9. The van der Waals surface area contributed by atoms with Crippen molar-refractivity contribution in [2.45, 2.75) is 35.9 Å². The number of rotatable bonds is 6. The van der Waals surface area contributed by atoms with Gasteiger partial charge < -0.3 is 19.5 Å². The molecule has 0 amide bonds. The van der Waals surface area contributed by atoms with Crippen molar-refractivity contribution in [2.24, 2.45) is 0 Å². The highest BCUT2D eigenvalue weighted by Crippen LogP contribution is 2.41. The number of halogens is 3. The van der Waals surface area contributed by atoms with E-state index in [1.807, 2.05) is 4.90 Å². The molecule has 2 fully saturated rings. The van der Waals surface area contributed by atoms with Crippen molar-refractivity contribution in [3.63, 3.8) is 0 Å². The van der Waals surface area contributed by atoms with Gasteiger partial charge in [0.15, 0.2) is 0 Å². The number of piperidine rings is 1. The first-order valence-electron chi connectivity index (χ1n) is 10.5. The molecule has 2 saturated heterocycles. The highest BCUT2D eigenvalue weighted by molar-refractivity contribution is 7.92. The van der Waals surface area contributed by atoms with Gasteiger partial charge >= 0.3 is 12.1 Å². The molecule has 4 rings (SSSR count).